The quantitative estimate of drug-likeness (QED) is 0.761. The van der Waals surface area contributed by atoms with Crippen LogP contribution >= 0.6 is 0 Å². The van der Waals surface area contributed by atoms with E-state index in [1.165, 1.54) is 18.4 Å². The van der Waals surface area contributed by atoms with Crippen LogP contribution in [0.3, 0.4) is 0 Å². The van der Waals surface area contributed by atoms with E-state index in [2.05, 4.69) is 18.2 Å². The van der Waals surface area contributed by atoms with Crippen molar-refractivity contribution in [3.05, 3.63) is 17.5 Å². The maximum Gasteiger partial charge on any atom is 0.150 e. The van der Waals surface area contributed by atoms with Gasteiger partial charge in [0, 0.05) is 25.0 Å². The average molecular weight is 268 g/mol. The van der Waals surface area contributed by atoms with Gasteiger partial charge in [-0.25, -0.2) is 4.68 Å². The van der Waals surface area contributed by atoms with Gasteiger partial charge in [0.1, 0.15) is 6.23 Å². The zero-order valence-electron chi connectivity index (χ0n) is 12.8. The maximum absolute atomic E-state index is 5.72. The first-order valence-electron chi connectivity index (χ1n) is 7.55. The lowest BCUT2D eigenvalue weighted by atomic mass is 10.2. The van der Waals surface area contributed by atoms with Crippen molar-refractivity contribution in [2.45, 2.75) is 66.2 Å². The molecule has 0 radical (unpaired) electrons. The lowest BCUT2D eigenvalue weighted by molar-refractivity contribution is -0.0397. The molecule has 0 N–H and O–H groups in total. The topological polar surface area (TPSA) is 36.3 Å². The Labute approximate surface area is 117 Å². The van der Waals surface area contributed by atoms with Crippen LogP contribution in [0.4, 0.5) is 0 Å². The molecule has 1 aliphatic heterocycles. The fraction of sp³-hybridized carbons (Fsp3) is 0.800. The fourth-order valence-corrected chi connectivity index (χ4v) is 2.07. The van der Waals surface area contributed by atoms with Crippen LogP contribution in [0.15, 0.2) is 6.20 Å². The SMILES string of the molecule is CC.CCCOCc1cn(C2CCCCO2)nc1C. The van der Waals surface area contributed by atoms with E-state index in [1.54, 1.807) is 0 Å². The first-order chi connectivity index (χ1) is 9.31. The summed E-state index contributed by atoms with van der Waals surface area (Å²) in [4.78, 5) is 0. The second-order valence-corrected chi connectivity index (χ2v) is 4.59. The van der Waals surface area contributed by atoms with Gasteiger partial charge in [-0.1, -0.05) is 20.8 Å². The third-order valence-corrected chi connectivity index (χ3v) is 3.08. The summed E-state index contributed by atoms with van der Waals surface area (Å²) in [7, 11) is 0. The van der Waals surface area contributed by atoms with Gasteiger partial charge < -0.3 is 9.47 Å². The number of ether oxygens (including phenoxy) is 2. The van der Waals surface area contributed by atoms with E-state index >= 15 is 0 Å². The normalized spacial score (nSPS) is 18.8. The van der Waals surface area contributed by atoms with Gasteiger partial charge in [0.2, 0.25) is 0 Å². The van der Waals surface area contributed by atoms with Crippen LogP contribution in [-0.2, 0) is 16.1 Å². The van der Waals surface area contributed by atoms with Crippen LogP contribution in [0, 0.1) is 6.92 Å². The summed E-state index contributed by atoms with van der Waals surface area (Å²) in [6.07, 6.45) is 6.72. The van der Waals surface area contributed by atoms with E-state index in [0.717, 1.165) is 31.7 Å². The van der Waals surface area contributed by atoms with Gasteiger partial charge >= 0.3 is 0 Å². The molecule has 0 spiro atoms. The average Bonchev–Trinajstić information content (AvgIpc) is 2.84. The van der Waals surface area contributed by atoms with Gasteiger partial charge in [0.15, 0.2) is 0 Å². The van der Waals surface area contributed by atoms with Crippen LogP contribution in [0.5, 0.6) is 0 Å². The molecule has 0 saturated carbocycles. The molecule has 0 aromatic carbocycles. The van der Waals surface area contributed by atoms with Crippen molar-refractivity contribution in [2.24, 2.45) is 0 Å². The molecule has 2 heterocycles. The highest BCUT2D eigenvalue weighted by Crippen LogP contribution is 2.23. The molecular weight excluding hydrogens is 240 g/mol. The summed E-state index contributed by atoms with van der Waals surface area (Å²) in [6, 6.07) is 0. The third kappa shape index (κ3) is 4.96. The van der Waals surface area contributed by atoms with Gasteiger partial charge in [-0.3, -0.25) is 0 Å². The molecule has 1 aromatic heterocycles. The molecule has 1 atom stereocenters. The minimum Gasteiger partial charge on any atom is -0.377 e. The molecule has 19 heavy (non-hydrogen) atoms. The molecular formula is C15H28N2O2. The molecule has 4 heteroatoms. The predicted molar refractivity (Wildman–Crippen MR) is 77.1 cm³/mol. The fourth-order valence-electron chi connectivity index (χ4n) is 2.07. The molecule has 1 fully saturated rings. The molecule has 2 rings (SSSR count). The first kappa shape index (κ1) is 16.2. The Morgan fingerprint density at radius 1 is 1.42 bits per heavy atom. The molecule has 1 unspecified atom stereocenters. The van der Waals surface area contributed by atoms with Crippen LogP contribution < -0.4 is 0 Å². The van der Waals surface area contributed by atoms with Gasteiger partial charge in [0.05, 0.1) is 12.3 Å². The summed E-state index contributed by atoms with van der Waals surface area (Å²) < 4.78 is 13.2. The summed E-state index contributed by atoms with van der Waals surface area (Å²) in [5.41, 5.74) is 2.22. The number of rotatable bonds is 5. The Hall–Kier alpha value is -0.870. The molecule has 1 aliphatic rings. The van der Waals surface area contributed by atoms with E-state index in [9.17, 15) is 0 Å². The minimum absolute atomic E-state index is 0.127. The second kappa shape index (κ2) is 9.10. The second-order valence-electron chi connectivity index (χ2n) is 4.59. The van der Waals surface area contributed by atoms with E-state index in [4.69, 9.17) is 9.47 Å². The van der Waals surface area contributed by atoms with Gasteiger partial charge in [-0.05, 0) is 32.6 Å². The van der Waals surface area contributed by atoms with Crippen molar-refractivity contribution in [1.29, 1.82) is 0 Å². The number of hydrogen-bond donors (Lipinski definition) is 0. The van der Waals surface area contributed by atoms with E-state index in [1.807, 2.05) is 25.5 Å². The van der Waals surface area contributed by atoms with E-state index in [-0.39, 0.29) is 6.23 Å². The molecule has 4 nitrogen and oxygen atoms in total. The van der Waals surface area contributed by atoms with Crippen molar-refractivity contribution in [1.82, 2.24) is 9.78 Å². The van der Waals surface area contributed by atoms with Gasteiger partial charge in [0.25, 0.3) is 0 Å². The Kier molecular flexibility index (Phi) is 7.75. The maximum atomic E-state index is 5.72. The first-order valence-corrected chi connectivity index (χ1v) is 7.55. The molecule has 0 bridgehead atoms. The van der Waals surface area contributed by atoms with Crippen molar-refractivity contribution >= 4 is 0 Å². The van der Waals surface area contributed by atoms with Crippen molar-refractivity contribution in [3.63, 3.8) is 0 Å². The summed E-state index contributed by atoms with van der Waals surface area (Å²) >= 11 is 0. The molecule has 110 valence electrons. The number of nitrogens with zero attached hydrogens (tertiary/aromatic N) is 2. The molecule has 1 saturated heterocycles. The van der Waals surface area contributed by atoms with Crippen LogP contribution in [0.25, 0.3) is 0 Å². The Morgan fingerprint density at radius 3 is 2.84 bits per heavy atom. The lowest BCUT2D eigenvalue weighted by Gasteiger charge is -2.22. The van der Waals surface area contributed by atoms with Crippen molar-refractivity contribution in [2.75, 3.05) is 13.2 Å². The lowest BCUT2D eigenvalue weighted by Crippen LogP contribution is -2.18. The minimum atomic E-state index is 0.127. The van der Waals surface area contributed by atoms with Crippen molar-refractivity contribution < 1.29 is 9.47 Å². The Bertz CT molecular complexity index is 344. The Balaban J connectivity index is 0.000000861. The molecule has 0 aliphatic carbocycles. The van der Waals surface area contributed by atoms with E-state index in [0.29, 0.717) is 6.61 Å². The highest BCUT2D eigenvalue weighted by molar-refractivity contribution is 5.14. The number of aromatic nitrogens is 2. The summed E-state index contributed by atoms with van der Waals surface area (Å²) in [5, 5.41) is 4.52. The zero-order valence-corrected chi connectivity index (χ0v) is 12.8. The summed E-state index contributed by atoms with van der Waals surface area (Å²) in [6.45, 7) is 10.5. The summed E-state index contributed by atoms with van der Waals surface area (Å²) in [5.74, 6) is 0. The molecule has 0 amide bonds. The highest BCUT2D eigenvalue weighted by atomic mass is 16.5. The monoisotopic (exact) mass is 268 g/mol. The standard InChI is InChI=1S/C13H22N2O2.C2H6/c1-3-7-16-10-12-9-15(14-11(12)2)13-6-4-5-8-17-13;1-2/h9,13H,3-8,10H2,1-2H3;1-2H3. The predicted octanol–water partition coefficient (Wildman–Crippen LogP) is 3.84. The van der Waals surface area contributed by atoms with Gasteiger partial charge in [-0.2, -0.15) is 5.10 Å². The zero-order chi connectivity index (χ0) is 14.1. The smallest absolute Gasteiger partial charge is 0.150 e. The van der Waals surface area contributed by atoms with Gasteiger partial charge in [-0.15, -0.1) is 0 Å². The van der Waals surface area contributed by atoms with E-state index < -0.39 is 0 Å². The Morgan fingerprint density at radius 2 is 2.21 bits per heavy atom. The third-order valence-electron chi connectivity index (χ3n) is 3.08. The number of hydrogen-bond acceptors (Lipinski definition) is 3. The van der Waals surface area contributed by atoms with Crippen LogP contribution in [0.2, 0.25) is 0 Å². The van der Waals surface area contributed by atoms with Crippen LogP contribution in [-0.4, -0.2) is 23.0 Å². The van der Waals surface area contributed by atoms with Crippen LogP contribution in [0.1, 0.15) is 63.9 Å². The highest BCUT2D eigenvalue weighted by Gasteiger charge is 2.17. The van der Waals surface area contributed by atoms with Crippen molar-refractivity contribution in [3.8, 4) is 0 Å². The number of aryl methyl sites for hydroxylation is 1. The molecule has 1 aromatic rings. The largest absolute Gasteiger partial charge is 0.377 e.